The molecule has 0 N–H and O–H groups in total. The molecule has 0 saturated carbocycles. The third-order valence-corrected chi connectivity index (χ3v) is 6.21. The first-order valence-corrected chi connectivity index (χ1v) is 11.7. The highest BCUT2D eigenvalue weighted by molar-refractivity contribution is 5.96. The maximum atomic E-state index is 13.3. The van der Waals surface area contributed by atoms with E-state index >= 15 is 0 Å². The van der Waals surface area contributed by atoms with Crippen LogP contribution in [0.1, 0.15) is 45.9 Å². The summed E-state index contributed by atoms with van der Waals surface area (Å²) in [4.78, 5) is 14.7. The normalized spacial score (nSPS) is 16.1. The van der Waals surface area contributed by atoms with Crippen LogP contribution in [0.4, 0.5) is 13.2 Å². The number of para-hydroxylation sites is 1. The fraction of sp³-hybridized carbons (Fsp3) is 0.321. The van der Waals surface area contributed by atoms with Crippen molar-refractivity contribution in [2.24, 2.45) is 0 Å². The Morgan fingerprint density at radius 2 is 1.72 bits per heavy atom. The van der Waals surface area contributed by atoms with E-state index in [4.69, 9.17) is 14.2 Å². The van der Waals surface area contributed by atoms with Crippen molar-refractivity contribution < 1.29 is 32.2 Å². The van der Waals surface area contributed by atoms with Gasteiger partial charge in [0, 0.05) is 17.2 Å². The zero-order valence-corrected chi connectivity index (χ0v) is 20.2. The Labute approximate surface area is 208 Å². The Kier molecular flexibility index (Phi) is 7.84. The fourth-order valence-corrected chi connectivity index (χ4v) is 4.66. The Morgan fingerprint density at radius 1 is 1.06 bits per heavy atom. The van der Waals surface area contributed by atoms with Crippen molar-refractivity contribution in [2.45, 2.75) is 38.6 Å². The summed E-state index contributed by atoms with van der Waals surface area (Å²) in [5.74, 6) is 0.337. The number of carbonyl (C=O) groups is 1. The fourth-order valence-electron chi connectivity index (χ4n) is 4.66. The van der Waals surface area contributed by atoms with Crippen LogP contribution in [0.3, 0.4) is 0 Å². The highest BCUT2D eigenvalue weighted by atomic mass is 19.4. The van der Waals surface area contributed by atoms with Gasteiger partial charge in [-0.15, -0.1) is 0 Å². The number of carbonyl (C=O) groups excluding carboxylic acids is 1. The standard InChI is InChI=1S/C28H28F3NO4/c1-19-25(27(33)36-21-12-7-4-8-13-21)24(35-17-20-10-5-3-6-11-20)16-22(26(19)34-2)23-14-9-15-32(23)18-28(29,30)31/h3-8,10-13,16,23H,9,14-15,17-18H2,1-2H3/t23-/m0/s1. The molecular formula is C28H28F3NO4. The van der Waals surface area contributed by atoms with E-state index in [2.05, 4.69) is 0 Å². The summed E-state index contributed by atoms with van der Waals surface area (Å²) in [5, 5.41) is 0. The molecule has 3 aromatic carbocycles. The summed E-state index contributed by atoms with van der Waals surface area (Å²) >= 11 is 0. The molecule has 5 nitrogen and oxygen atoms in total. The van der Waals surface area contributed by atoms with E-state index in [0.717, 1.165) is 5.56 Å². The molecule has 0 aromatic heterocycles. The van der Waals surface area contributed by atoms with Gasteiger partial charge in [-0.3, -0.25) is 4.90 Å². The number of nitrogens with zero attached hydrogens (tertiary/aromatic N) is 1. The molecule has 0 unspecified atom stereocenters. The van der Waals surface area contributed by atoms with Crippen molar-refractivity contribution in [3.8, 4) is 17.2 Å². The molecule has 1 fully saturated rings. The van der Waals surface area contributed by atoms with Gasteiger partial charge in [0.15, 0.2) is 0 Å². The van der Waals surface area contributed by atoms with Crippen molar-refractivity contribution in [1.29, 1.82) is 0 Å². The number of likely N-dealkylation sites (tertiary alicyclic amines) is 1. The van der Waals surface area contributed by atoms with Crippen LogP contribution in [0.15, 0.2) is 66.7 Å². The summed E-state index contributed by atoms with van der Waals surface area (Å²) in [6, 6.07) is 19.2. The van der Waals surface area contributed by atoms with E-state index in [1.807, 2.05) is 36.4 Å². The van der Waals surface area contributed by atoms with Gasteiger partial charge in [-0.25, -0.2) is 4.79 Å². The van der Waals surface area contributed by atoms with Gasteiger partial charge in [-0.2, -0.15) is 13.2 Å². The van der Waals surface area contributed by atoms with Crippen LogP contribution in [0.2, 0.25) is 0 Å². The molecule has 0 radical (unpaired) electrons. The second-order valence-corrected chi connectivity index (χ2v) is 8.72. The number of methoxy groups -OCH3 is 1. The van der Waals surface area contributed by atoms with Crippen LogP contribution in [-0.2, 0) is 6.61 Å². The molecule has 4 rings (SSSR count). The van der Waals surface area contributed by atoms with Gasteiger partial charge >= 0.3 is 12.1 Å². The van der Waals surface area contributed by atoms with Crippen molar-refractivity contribution in [1.82, 2.24) is 4.90 Å². The van der Waals surface area contributed by atoms with Gasteiger partial charge in [0.1, 0.15) is 29.4 Å². The Bertz CT molecular complexity index is 1180. The second kappa shape index (κ2) is 11.0. The molecule has 0 bridgehead atoms. The topological polar surface area (TPSA) is 48.0 Å². The lowest BCUT2D eigenvalue weighted by atomic mass is 9.95. The summed E-state index contributed by atoms with van der Waals surface area (Å²) in [6.45, 7) is 1.18. The van der Waals surface area contributed by atoms with Crippen molar-refractivity contribution in [3.63, 3.8) is 0 Å². The molecule has 3 aromatic rings. The predicted octanol–water partition coefficient (Wildman–Crippen LogP) is 6.50. The van der Waals surface area contributed by atoms with Crippen molar-refractivity contribution in [3.05, 3.63) is 89.0 Å². The first-order chi connectivity index (χ1) is 17.3. The minimum absolute atomic E-state index is 0.175. The molecule has 0 aliphatic carbocycles. The monoisotopic (exact) mass is 499 g/mol. The zero-order valence-electron chi connectivity index (χ0n) is 20.2. The molecular weight excluding hydrogens is 471 g/mol. The average Bonchev–Trinajstić information content (AvgIpc) is 3.29. The summed E-state index contributed by atoms with van der Waals surface area (Å²) in [6.07, 6.45) is -3.16. The van der Waals surface area contributed by atoms with Crippen LogP contribution in [0.5, 0.6) is 17.2 Å². The molecule has 1 aliphatic heterocycles. The molecule has 0 spiro atoms. The first kappa shape index (κ1) is 25.6. The lowest BCUT2D eigenvalue weighted by molar-refractivity contribution is -0.147. The van der Waals surface area contributed by atoms with E-state index < -0.39 is 24.7 Å². The van der Waals surface area contributed by atoms with Crippen LogP contribution >= 0.6 is 0 Å². The van der Waals surface area contributed by atoms with Crippen LogP contribution < -0.4 is 14.2 Å². The number of hydrogen-bond donors (Lipinski definition) is 0. The van der Waals surface area contributed by atoms with Gasteiger partial charge in [0.2, 0.25) is 0 Å². The van der Waals surface area contributed by atoms with E-state index in [-0.39, 0.29) is 17.9 Å². The highest BCUT2D eigenvalue weighted by Gasteiger charge is 2.39. The van der Waals surface area contributed by atoms with Gasteiger partial charge in [0.05, 0.1) is 13.7 Å². The van der Waals surface area contributed by atoms with E-state index in [1.54, 1.807) is 37.3 Å². The van der Waals surface area contributed by atoms with Crippen LogP contribution in [-0.4, -0.2) is 37.2 Å². The van der Waals surface area contributed by atoms with Gasteiger partial charge in [-0.05, 0) is 50.1 Å². The summed E-state index contributed by atoms with van der Waals surface area (Å²) < 4.78 is 57.1. The number of alkyl halides is 3. The largest absolute Gasteiger partial charge is 0.496 e. The number of benzene rings is 3. The summed E-state index contributed by atoms with van der Waals surface area (Å²) in [7, 11) is 1.45. The SMILES string of the molecule is COc1c([C@@H]2CCCN2CC(F)(F)F)cc(OCc2ccccc2)c(C(=O)Oc2ccccc2)c1C. The minimum atomic E-state index is -4.32. The molecule has 190 valence electrons. The van der Waals surface area contributed by atoms with E-state index in [9.17, 15) is 18.0 Å². The lowest BCUT2D eigenvalue weighted by Gasteiger charge is -2.28. The number of halogens is 3. The molecule has 0 amide bonds. The zero-order chi connectivity index (χ0) is 25.7. The minimum Gasteiger partial charge on any atom is -0.496 e. The average molecular weight is 500 g/mol. The van der Waals surface area contributed by atoms with Gasteiger partial charge in [-0.1, -0.05) is 48.5 Å². The molecule has 1 atom stereocenters. The maximum Gasteiger partial charge on any atom is 0.401 e. The maximum absolute atomic E-state index is 13.3. The van der Waals surface area contributed by atoms with E-state index in [1.165, 1.54) is 12.0 Å². The molecule has 1 aliphatic rings. The second-order valence-electron chi connectivity index (χ2n) is 8.72. The number of ether oxygens (including phenoxy) is 3. The van der Waals surface area contributed by atoms with Crippen LogP contribution in [0.25, 0.3) is 0 Å². The van der Waals surface area contributed by atoms with Crippen molar-refractivity contribution >= 4 is 5.97 Å². The smallest absolute Gasteiger partial charge is 0.401 e. The number of rotatable bonds is 8. The predicted molar refractivity (Wildman–Crippen MR) is 130 cm³/mol. The Hall–Kier alpha value is -3.52. The van der Waals surface area contributed by atoms with Gasteiger partial charge < -0.3 is 14.2 Å². The Morgan fingerprint density at radius 3 is 2.36 bits per heavy atom. The number of esters is 1. The summed E-state index contributed by atoms with van der Waals surface area (Å²) in [5.41, 5.74) is 2.08. The third kappa shape index (κ3) is 5.99. The van der Waals surface area contributed by atoms with Gasteiger partial charge in [0.25, 0.3) is 0 Å². The molecule has 1 saturated heterocycles. The number of hydrogen-bond acceptors (Lipinski definition) is 5. The molecule has 8 heteroatoms. The first-order valence-electron chi connectivity index (χ1n) is 11.7. The van der Waals surface area contributed by atoms with Crippen molar-refractivity contribution in [2.75, 3.05) is 20.2 Å². The lowest BCUT2D eigenvalue weighted by Crippen LogP contribution is -2.34. The third-order valence-electron chi connectivity index (χ3n) is 6.21. The quantitative estimate of drug-likeness (QED) is 0.262. The molecule has 1 heterocycles. The van der Waals surface area contributed by atoms with E-state index in [0.29, 0.717) is 42.0 Å². The highest BCUT2D eigenvalue weighted by Crippen LogP contribution is 2.44. The van der Waals surface area contributed by atoms with Crippen LogP contribution in [0, 0.1) is 6.92 Å². The molecule has 36 heavy (non-hydrogen) atoms. The Balaban J connectivity index is 1.75.